The van der Waals surface area contributed by atoms with Gasteiger partial charge in [0.1, 0.15) is 5.75 Å². The Balaban J connectivity index is 1.98. The molecule has 0 bridgehead atoms. The van der Waals surface area contributed by atoms with Crippen LogP contribution >= 0.6 is 0 Å². The predicted octanol–water partition coefficient (Wildman–Crippen LogP) is 1.57. The van der Waals surface area contributed by atoms with Crippen molar-refractivity contribution in [1.82, 2.24) is 10.3 Å². The van der Waals surface area contributed by atoms with Crippen LogP contribution in [-0.2, 0) is 5.79 Å². The highest BCUT2D eigenvalue weighted by atomic mass is 16.5. The van der Waals surface area contributed by atoms with E-state index >= 15 is 0 Å². The number of nitrogens with two attached hydrogens (primary N) is 1. The number of methoxy groups -OCH3 is 1. The monoisotopic (exact) mass is 324 g/mol. The predicted molar refractivity (Wildman–Crippen MR) is 89.7 cm³/mol. The second kappa shape index (κ2) is 6.13. The number of benzene rings is 1. The second-order valence-corrected chi connectivity index (χ2v) is 5.21. The Morgan fingerprint density at radius 1 is 1.38 bits per heavy atom. The van der Waals surface area contributed by atoms with Crippen LogP contribution in [0.3, 0.4) is 0 Å². The van der Waals surface area contributed by atoms with Crippen molar-refractivity contribution in [2.45, 2.75) is 5.79 Å². The summed E-state index contributed by atoms with van der Waals surface area (Å²) >= 11 is 0. The van der Waals surface area contributed by atoms with E-state index in [1.54, 1.807) is 50.0 Å². The molecule has 24 heavy (non-hydrogen) atoms. The molecule has 122 valence electrons. The number of aliphatic imine (C=N–C) groups is 1. The maximum atomic E-state index is 11.2. The van der Waals surface area contributed by atoms with E-state index in [4.69, 9.17) is 15.6 Å². The number of nitrogens with one attached hydrogen (secondary N) is 1. The van der Waals surface area contributed by atoms with E-state index in [1.807, 2.05) is 0 Å². The standard InChI is InChI=1S/C17H16N4O3/c1-24-15-6-7-19-10-13(15)14-5-8-20-17(18,21-14)12-4-2-3-11(9-12)16(22)23/h2-10,21H,18H2,1H3,(H,22,23). The van der Waals surface area contributed by atoms with Crippen LogP contribution in [0.25, 0.3) is 5.70 Å². The molecule has 1 unspecified atom stereocenters. The molecule has 2 heterocycles. The Labute approximate surface area is 138 Å². The van der Waals surface area contributed by atoms with Crippen LogP contribution in [0.5, 0.6) is 5.75 Å². The number of hydrogen-bond donors (Lipinski definition) is 3. The molecule has 0 amide bonds. The van der Waals surface area contributed by atoms with Gasteiger partial charge in [-0.05, 0) is 24.3 Å². The Kier molecular flexibility index (Phi) is 4.01. The molecule has 4 N–H and O–H groups in total. The second-order valence-electron chi connectivity index (χ2n) is 5.21. The average Bonchev–Trinajstić information content (AvgIpc) is 2.62. The summed E-state index contributed by atoms with van der Waals surface area (Å²) in [5, 5.41) is 12.3. The number of aromatic carboxylic acids is 1. The van der Waals surface area contributed by atoms with Gasteiger partial charge in [0, 0.05) is 24.2 Å². The lowest BCUT2D eigenvalue weighted by molar-refractivity contribution is 0.0696. The first kappa shape index (κ1) is 15.7. The van der Waals surface area contributed by atoms with Crippen LogP contribution in [0.2, 0.25) is 0 Å². The first-order valence-electron chi connectivity index (χ1n) is 7.18. The molecule has 0 fully saturated rings. The molecular weight excluding hydrogens is 308 g/mol. The van der Waals surface area contributed by atoms with E-state index in [0.717, 1.165) is 5.56 Å². The number of carboxylic acid groups (broad SMARTS) is 1. The highest BCUT2D eigenvalue weighted by Crippen LogP contribution is 2.29. The number of nitrogens with zero attached hydrogens (tertiary/aromatic N) is 2. The van der Waals surface area contributed by atoms with Gasteiger partial charge in [-0.15, -0.1) is 0 Å². The van der Waals surface area contributed by atoms with Gasteiger partial charge < -0.3 is 15.2 Å². The van der Waals surface area contributed by atoms with Crippen molar-refractivity contribution in [1.29, 1.82) is 0 Å². The molecule has 0 aliphatic carbocycles. The zero-order chi connectivity index (χ0) is 17.2. The molecule has 1 aromatic heterocycles. The van der Waals surface area contributed by atoms with Crippen molar-refractivity contribution in [2.75, 3.05) is 7.11 Å². The van der Waals surface area contributed by atoms with Gasteiger partial charge in [-0.1, -0.05) is 12.1 Å². The van der Waals surface area contributed by atoms with E-state index in [1.165, 1.54) is 12.1 Å². The highest BCUT2D eigenvalue weighted by molar-refractivity contribution is 5.89. The molecule has 1 aliphatic rings. The molecule has 7 heteroatoms. The maximum absolute atomic E-state index is 11.2. The van der Waals surface area contributed by atoms with Crippen LogP contribution in [0.1, 0.15) is 21.5 Å². The Hall–Kier alpha value is -3.19. The molecule has 3 rings (SSSR count). The van der Waals surface area contributed by atoms with E-state index in [9.17, 15) is 4.79 Å². The summed E-state index contributed by atoms with van der Waals surface area (Å²) in [7, 11) is 1.57. The summed E-state index contributed by atoms with van der Waals surface area (Å²) < 4.78 is 5.34. The largest absolute Gasteiger partial charge is 0.496 e. The van der Waals surface area contributed by atoms with Crippen LogP contribution < -0.4 is 15.8 Å². The molecular formula is C17H16N4O3. The summed E-state index contributed by atoms with van der Waals surface area (Å²) in [5.41, 5.74) is 8.45. The first-order chi connectivity index (χ1) is 11.5. The summed E-state index contributed by atoms with van der Waals surface area (Å²) in [6.07, 6.45) is 6.62. The molecule has 1 aliphatic heterocycles. The van der Waals surface area contributed by atoms with Gasteiger partial charge in [0.15, 0.2) is 0 Å². The fraction of sp³-hybridized carbons (Fsp3) is 0.118. The lowest BCUT2D eigenvalue weighted by atomic mass is 10.0. The number of pyridine rings is 1. The van der Waals surface area contributed by atoms with Crippen molar-refractivity contribution in [3.05, 3.63) is 65.5 Å². The zero-order valence-electron chi connectivity index (χ0n) is 12.9. The maximum Gasteiger partial charge on any atom is 0.335 e. The van der Waals surface area contributed by atoms with E-state index in [-0.39, 0.29) is 5.56 Å². The van der Waals surface area contributed by atoms with Crippen LogP contribution in [-0.4, -0.2) is 29.4 Å². The van der Waals surface area contributed by atoms with Gasteiger partial charge in [0.25, 0.3) is 0 Å². The minimum atomic E-state index is -1.28. The number of allylic oxidation sites excluding steroid dienone is 1. The molecule has 0 spiro atoms. The number of rotatable bonds is 4. The van der Waals surface area contributed by atoms with E-state index in [0.29, 0.717) is 17.0 Å². The van der Waals surface area contributed by atoms with Gasteiger partial charge in [0.2, 0.25) is 5.79 Å². The number of hydrogen-bond acceptors (Lipinski definition) is 6. The fourth-order valence-electron chi connectivity index (χ4n) is 2.46. The molecule has 0 saturated carbocycles. The third-order valence-corrected chi connectivity index (χ3v) is 3.69. The van der Waals surface area contributed by atoms with Gasteiger partial charge in [-0.2, -0.15) is 0 Å². The zero-order valence-corrected chi connectivity index (χ0v) is 12.9. The van der Waals surface area contributed by atoms with Gasteiger partial charge in [0.05, 0.1) is 23.9 Å². The quantitative estimate of drug-likeness (QED) is 0.787. The van der Waals surface area contributed by atoms with Gasteiger partial charge in [-0.3, -0.25) is 10.7 Å². The van der Waals surface area contributed by atoms with Crippen molar-refractivity contribution in [2.24, 2.45) is 10.7 Å². The summed E-state index contributed by atoms with van der Waals surface area (Å²) in [5.74, 6) is -1.67. The van der Waals surface area contributed by atoms with Crippen molar-refractivity contribution in [3.63, 3.8) is 0 Å². The molecule has 1 aromatic carbocycles. The first-order valence-corrected chi connectivity index (χ1v) is 7.18. The third-order valence-electron chi connectivity index (χ3n) is 3.69. The average molecular weight is 324 g/mol. The lowest BCUT2D eigenvalue weighted by Gasteiger charge is -2.32. The number of carboxylic acids is 1. The van der Waals surface area contributed by atoms with Gasteiger partial charge >= 0.3 is 5.97 Å². The van der Waals surface area contributed by atoms with Crippen LogP contribution in [0.4, 0.5) is 0 Å². The Morgan fingerprint density at radius 2 is 2.21 bits per heavy atom. The summed E-state index contributed by atoms with van der Waals surface area (Å²) in [4.78, 5) is 19.6. The van der Waals surface area contributed by atoms with Crippen molar-refractivity contribution in [3.8, 4) is 5.75 Å². The SMILES string of the molecule is COc1ccncc1C1=CC=NC(N)(c2cccc(C(=O)O)c2)N1. The van der Waals surface area contributed by atoms with Crippen LogP contribution in [0.15, 0.2) is 53.8 Å². The Bertz CT molecular complexity index is 847. The smallest absolute Gasteiger partial charge is 0.335 e. The van der Waals surface area contributed by atoms with Crippen molar-refractivity contribution >= 4 is 17.9 Å². The number of aromatic nitrogens is 1. The topological polar surface area (TPSA) is 110 Å². The molecule has 1 atom stereocenters. The number of ether oxygens (including phenoxy) is 1. The van der Waals surface area contributed by atoms with E-state index in [2.05, 4.69) is 15.3 Å². The van der Waals surface area contributed by atoms with Crippen molar-refractivity contribution < 1.29 is 14.6 Å². The van der Waals surface area contributed by atoms with E-state index < -0.39 is 11.8 Å². The molecule has 0 saturated heterocycles. The lowest BCUT2D eigenvalue weighted by Crippen LogP contribution is -2.49. The summed E-state index contributed by atoms with van der Waals surface area (Å²) in [6, 6.07) is 8.10. The Morgan fingerprint density at radius 3 is 2.96 bits per heavy atom. The number of carbonyl (C=O) groups is 1. The highest BCUT2D eigenvalue weighted by Gasteiger charge is 2.30. The third kappa shape index (κ3) is 2.84. The summed E-state index contributed by atoms with van der Waals surface area (Å²) in [6.45, 7) is 0. The normalized spacial score (nSPS) is 19.3. The molecule has 2 aromatic rings. The van der Waals surface area contributed by atoms with Crippen LogP contribution in [0, 0.1) is 0 Å². The minimum absolute atomic E-state index is 0.143. The molecule has 7 nitrogen and oxygen atoms in total. The molecule has 0 radical (unpaired) electrons. The minimum Gasteiger partial charge on any atom is -0.496 e. The fourth-order valence-corrected chi connectivity index (χ4v) is 2.46. The van der Waals surface area contributed by atoms with Gasteiger partial charge in [-0.25, -0.2) is 9.79 Å².